The van der Waals surface area contributed by atoms with Crippen LogP contribution in [0, 0.1) is 5.41 Å². The minimum absolute atomic E-state index is 0. The Labute approximate surface area is 175 Å². The minimum Gasteiger partial charge on any atom is -0.466 e. The summed E-state index contributed by atoms with van der Waals surface area (Å²) in [5, 5.41) is 3.44. The molecule has 0 radical (unpaired) electrons. The van der Waals surface area contributed by atoms with E-state index in [0.717, 1.165) is 71.0 Å². The number of carbonyl (C=O) groups excluding carboxylic acids is 1. The van der Waals surface area contributed by atoms with E-state index in [2.05, 4.69) is 17.1 Å². The van der Waals surface area contributed by atoms with Crippen LogP contribution >= 0.6 is 24.0 Å². The predicted octanol–water partition coefficient (Wildman–Crippen LogP) is 3.20. The highest BCUT2D eigenvalue weighted by Gasteiger charge is 2.42. The number of ether oxygens (including phenoxy) is 2. The topological polar surface area (TPSA) is 63.2 Å². The molecule has 0 amide bonds. The van der Waals surface area contributed by atoms with E-state index in [-0.39, 0.29) is 29.9 Å². The lowest BCUT2D eigenvalue weighted by atomic mass is 9.87. The maximum absolute atomic E-state index is 11.3. The Morgan fingerprint density at radius 2 is 2.04 bits per heavy atom. The fourth-order valence-electron chi connectivity index (χ4n) is 3.67. The molecule has 6 nitrogen and oxygen atoms in total. The van der Waals surface area contributed by atoms with Gasteiger partial charge in [0, 0.05) is 44.6 Å². The zero-order chi connectivity index (χ0) is 18.0. The smallest absolute Gasteiger partial charge is 0.305 e. The SMILES string of the molecule is CCNC(=NCCCCCCC(=O)OCC)N1CCC2(CCOC2)C1.I. The lowest BCUT2D eigenvalue weighted by Gasteiger charge is -2.25. The molecule has 1 unspecified atom stereocenters. The van der Waals surface area contributed by atoms with Gasteiger partial charge in [-0.25, -0.2) is 0 Å². The average Bonchev–Trinajstić information content (AvgIpc) is 3.23. The number of rotatable bonds is 9. The molecule has 2 aliphatic heterocycles. The van der Waals surface area contributed by atoms with Crippen molar-refractivity contribution >= 4 is 35.9 Å². The van der Waals surface area contributed by atoms with Gasteiger partial charge < -0.3 is 19.7 Å². The summed E-state index contributed by atoms with van der Waals surface area (Å²) >= 11 is 0. The number of guanidine groups is 1. The largest absolute Gasteiger partial charge is 0.466 e. The summed E-state index contributed by atoms with van der Waals surface area (Å²) in [5.74, 6) is 0.978. The Bertz CT molecular complexity index is 440. The highest BCUT2D eigenvalue weighted by atomic mass is 127. The van der Waals surface area contributed by atoms with Gasteiger partial charge in [0.15, 0.2) is 5.96 Å². The van der Waals surface area contributed by atoms with Gasteiger partial charge in [-0.3, -0.25) is 9.79 Å². The number of carbonyl (C=O) groups is 1. The first kappa shape index (κ1) is 23.5. The van der Waals surface area contributed by atoms with Crippen LogP contribution in [-0.2, 0) is 14.3 Å². The molecule has 1 spiro atoms. The second-order valence-corrected chi connectivity index (χ2v) is 7.18. The summed E-state index contributed by atoms with van der Waals surface area (Å²) in [4.78, 5) is 18.5. The molecule has 2 fully saturated rings. The van der Waals surface area contributed by atoms with E-state index in [9.17, 15) is 4.79 Å². The van der Waals surface area contributed by atoms with Gasteiger partial charge in [0.1, 0.15) is 0 Å². The standard InChI is InChI=1S/C19H35N3O3.HI/c1-3-20-18(22-13-10-19(15-22)11-14-24-16-19)21-12-8-6-5-7-9-17(23)25-4-2;/h3-16H2,1-2H3,(H,20,21);1H. The normalized spacial score (nSPS) is 22.5. The number of nitrogens with zero attached hydrogens (tertiary/aromatic N) is 2. The summed E-state index contributed by atoms with van der Waals surface area (Å²) < 4.78 is 10.6. The van der Waals surface area contributed by atoms with Gasteiger partial charge in [0.2, 0.25) is 0 Å². The number of halogens is 1. The third-order valence-electron chi connectivity index (χ3n) is 5.11. The third-order valence-corrected chi connectivity index (χ3v) is 5.11. The number of nitrogens with one attached hydrogen (secondary N) is 1. The van der Waals surface area contributed by atoms with Gasteiger partial charge in [-0.05, 0) is 39.5 Å². The quantitative estimate of drug-likeness (QED) is 0.180. The summed E-state index contributed by atoms with van der Waals surface area (Å²) in [6, 6.07) is 0. The molecule has 0 aliphatic carbocycles. The maximum Gasteiger partial charge on any atom is 0.305 e. The lowest BCUT2D eigenvalue weighted by Crippen LogP contribution is -2.41. The molecule has 26 heavy (non-hydrogen) atoms. The summed E-state index contributed by atoms with van der Waals surface area (Å²) in [6.45, 7) is 10.2. The van der Waals surface area contributed by atoms with Crippen molar-refractivity contribution in [2.24, 2.45) is 10.4 Å². The first-order chi connectivity index (χ1) is 12.2. The van der Waals surface area contributed by atoms with E-state index in [1.54, 1.807) is 0 Å². The summed E-state index contributed by atoms with van der Waals surface area (Å²) in [6.07, 6.45) is 7.10. The molecular formula is C19H36IN3O3. The first-order valence-corrected chi connectivity index (χ1v) is 9.96. The molecule has 7 heteroatoms. The Kier molecular flexibility index (Phi) is 11.5. The highest BCUT2D eigenvalue weighted by Crippen LogP contribution is 2.38. The van der Waals surface area contributed by atoms with Gasteiger partial charge in [0.05, 0.1) is 13.2 Å². The van der Waals surface area contributed by atoms with E-state index in [1.165, 1.54) is 12.8 Å². The fourth-order valence-corrected chi connectivity index (χ4v) is 3.67. The number of hydrogen-bond donors (Lipinski definition) is 1. The van der Waals surface area contributed by atoms with E-state index >= 15 is 0 Å². The van der Waals surface area contributed by atoms with Crippen molar-refractivity contribution < 1.29 is 14.3 Å². The predicted molar refractivity (Wildman–Crippen MR) is 115 cm³/mol. The minimum atomic E-state index is -0.0752. The number of unbranched alkanes of at least 4 members (excludes halogenated alkanes) is 3. The van der Waals surface area contributed by atoms with E-state index in [1.807, 2.05) is 6.92 Å². The van der Waals surface area contributed by atoms with Gasteiger partial charge in [-0.1, -0.05) is 12.8 Å². The van der Waals surface area contributed by atoms with Crippen LogP contribution in [0.5, 0.6) is 0 Å². The van der Waals surface area contributed by atoms with Crippen LogP contribution in [0.2, 0.25) is 0 Å². The van der Waals surface area contributed by atoms with Crippen LogP contribution in [0.3, 0.4) is 0 Å². The molecule has 2 rings (SSSR count). The molecule has 2 heterocycles. The van der Waals surface area contributed by atoms with Crippen molar-refractivity contribution in [1.29, 1.82) is 0 Å². The zero-order valence-electron chi connectivity index (χ0n) is 16.4. The van der Waals surface area contributed by atoms with Crippen LogP contribution in [0.25, 0.3) is 0 Å². The van der Waals surface area contributed by atoms with Crippen molar-refractivity contribution in [2.75, 3.05) is 46.0 Å². The Morgan fingerprint density at radius 1 is 1.23 bits per heavy atom. The number of hydrogen-bond acceptors (Lipinski definition) is 4. The molecule has 2 saturated heterocycles. The number of likely N-dealkylation sites (tertiary alicyclic amines) is 1. The molecule has 0 aromatic carbocycles. The van der Waals surface area contributed by atoms with Crippen molar-refractivity contribution in [3.05, 3.63) is 0 Å². The third kappa shape index (κ3) is 7.58. The molecule has 0 aromatic heterocycles. The van der Waals surface area contributed by atoms with Crippen LogP contribution in [0.15, 0.2) is 4.99 Å². The van der Waals surface area contributed by atoms with Crippen LogP contribution in [0.1, 0.15) is 58.8 Å². The Balaban J connectivity index is 0.00000338. The van der Waals surface area contributed by atoms with E-state index < -0.39 is 0 Å². The van der Waals surface area contributed by atoms with Crippen molar-refractivity contribution in [1.82, 2.24) is 10.2 Å². The Hall–Kier alpha value is -0.570. The molecule has 152 valence electrons. The van der Waals surface area contributed by atoms with Gasteiger partial charge in [-0.2, -0.15) is 0 Å². The highest BCUT2D eigenvalue weighted by molar-refractivity contribution is 14.0. The fraction of sp³-hybridized carbons (Fsp3) is 0.895. The first-order valence-electron chi connectivity index (χ1n) is 9.96. The van der Waals surface area contributed by atoms with E-state index in [0.29, 0.717) is 18.4 Å². The van der Waals surface area contributed by atoms with Crippen molar-refractivity contribution in [2.45, 2.75) is 58.8 Å². The summed E-state index contributed by atoms with van der Waals surface area (Å²) in [5.41, 5.74) is 0.364. The van der Waals surface area contributed by atoms with Crippen LogP contribution < -0.4 is 5.32 Å². The second kappa shape index (κ2) is 12.8. The molecule has 1 N–H and O–H groups in total. The van der Waals surface area contributed by atoms with Gasteiger partial charge >= 0.3 is 5.97 Å². The number of aliphatic imine (C=N–C) groups is 1. The van der Waals surface area contributed by atoms with Crippen molar-refractivity contribution in [3.63, 3.8) is 0 Å². The van der Waals surface area contributed by atoms with Crippen LogP contribution in [-0.4, -0.2) is 62.8 Å². The number of esters is 1. The van der Waals surface area contributed by atoms with Crippen LogP contribution in [0.4, 0.5) is 0 Å². The summed E-state index contributed by atoms with van der Waals surface area (Å²) in [7, 11) is 0. The molecule has 0 saturated carbocycles. The average molecular weight is 481 g/mol. The molecule has 1 atom stereocenters. The Morgan fingerprint density at radius 3 is 2.73 bits per heavy atom. The molecule has 2 aliphatic rings. The molecule has 0 bridgehead atoms. The maximum atomic E-state index is 11.3. The monoisotopic (exact) mass is 481 g/mol. The molecular weight excluding hydrogens is 445 g/mol. The second-order valence-electron chi connectivity index (χ2n) is 7.18. The van der Waals surface area contributed by atoms with Gasteiger partial charge in [0.25, 0.3) is 0 Å². The van der Waals surface area contributed by atoms with E-state index in [4.69, 9.17) is 14.5 Å². The van der Waals surface area contributed by atoms with Crippen molar-refractivity contribution in [3.8, 4) is 0 Å². The van der Waals surface area contributed by atoms with Gasteiger partial charge in [-0.15, -0.1) is 24.0 Å². The zero-order valence-corrected chi connectivity index (χ0v) is 18.8. The molecule has 0 aromatic rings. The lowest BCUT2D eigenvalue weighted by molar-refractivity contribution is -0.143.